The van der Waals surface area contributed by atoms with Gasteiger partial charge in [-0.15, -0.1) is 0 Å². The van der Waals surface area contributed by atoms with Crippen molar-refractivity contribution in [3.05, 3.63) is 24.3 Å². The monoisotopic (exact) mass is 329 g/mol. The maximum atomic E-state index is 12.1. The topological polar surface area (TPSA) is 52.3 Å². The SMILES string of the molecule is CC1CCC(C2CCC(CC(=O)Oc3ccc(N)cc3)CC2)CC1. The van der Waals surface area contributed by atoms with Crippen LogP contribution >= 0.6 is 0 Å². The van der Waals surface area contributed by atoms with E-state index in [4.69, 9.17) is 10.5 Å². The second kappa shape index (κ2) is 8.04. The zero-order valence-electron chi connectivity index (χ0n) is 14.9. The number of hydrogen-bond donors (Lipinski definition) is 1. The molecule has 0 aliphatic heterocycles. The molecule has 0 atom stereocenters. The minimum atomic E-state index is -0.102. The Morgan fingerprint density at radius 2 is 1.50 bits per heavy atom. The van der Waals surface area contributed by atoms with Crippen LogP contribution in [0.15, 0.2) is 24.3 Å². The zero-order chi connectivity index (χ0) is 16.9. The molecule has 24 heavy (non-hydrogen) atoms. The molecule has 2 fully saturated rings. The van der Waals surface area contributed by atoms with E-state index in [1.54, 1.807) is 24.3 Å². The van der Waals surface area contributed by atoms with Crippen molar-refractivity contribution in [1.82, 2.24) is 0 Å². The number of nitrogen functional groups attached to an aromatic ring is 1. The van der Waals surface area contributed by atoms with Crippen LogP contribution in [-0.4, -0.2) is 5.97 Å². The molecule has 0 heterocycles. The maximum absolute atomic E-state index is 12.1. The molecule has 2 N–H and O–H groups in total. The fraction of sp³-hybridized carbons (Fsp3) is 0.667. The lowest BCUT2D eigenvalue weighted by molar-refractivity contribution is -0.135. The number of rotatable bonds is 4. The fourth-order valence-electron chi connectivity index (χ4n) is 4.57. The Labute approximate surface area is 146 Å². The highest BCUT2D eigenvalue weighted by molar-refractivity contribution is 5.72. The van der Waals surface area contributed by atoms with Crippen LogP contribution in [0.4, 0.5) is 5.69 Å². The Morgan fingerprint density at radius 3 is 2.08 bits per heavy atom. The number of esters is 1. The Morgan fingerprint density at radius 1 is 0.958 bits per heavy atom. The Kier molecular flexibility index (Phi) is 5.80. The molecule has 2 aliphatic rings. The average molecular weight is 329 g/mol. The van der Waals surface area contributed by atoms with Gasteiger partial charge >= 0.3 is 5.97 Å². The quantitative estimate of drug-likeness (QED) is 0.469. The van der Waals surface area contributed by atoms with Gasteiger partial charge in [0.15, 0.2) is 0 Å². The summed E-state index contributed by atoms with van der Waals surface area (Å²) in [6, 6.07) is 7.04. The first-order chi connectivity index (χ1) is 11.6. The zero-order valence-corrected chi connectivity index (χ0v) is 14.9. The van der Waals surface area contributed by atoms with Crippen LogP contribution in [0, 0.1) is 23.7 Å². The van der Waals surface area contributed by atoms with Crippen LogP contribution in [0.5, 0.6) is 5.75 Å². The first-order valence-corrected chi connectivity index (χ1v) is 9.66. The van der Waals surface area contributed by atoms with Gasteiger partial charge in [0.05, 0.1) is 0 Å². The summed E-state index contributed by atoms with van der Waals surface area (Å²) < 4.78 is 5.43. The van der Waals surface area contributed by atoms with E-state index in [0.29, 0.717) is 23.8 Å². The summed E-state index contributed by atoms with van der Waals surface area (Å²) in [5.74, 6) is 3.78. The van der Waals surface area contributed by atoms with Gasteiger partial charge in [0, 0.05) is 12.1 Å². The van der Waals surface area contributed by atoms with Crippen LogP contribution < -0.4 is 10.5 Å². The van der Waals surface area contributed by atoms with Gasteiger partial charge in [-0.3, -0.25) is 4.79 Å². The molecule has 3 nitrogen and oxygen atoms in total. The van der Waals surface area contributed by atoms with E-state index in [-0.39, 0.29) is 5.97 Å². The van der Waals surface area contributed by atoms with E-state index in [2.05, 4.69) is 6.92 Å². The van der Waals surface area contributed by atoms with Crippen molar-refractivity contribution in [3.8, 4) is 5.75 Å². The van der Waals surface area contributed by atoms with Crippen molar-refractivity contribution in [2.75, 3.05) is 5.73 Å². The number of hydrogen-bond acceptors (Lipinski definition) is 3. The number of anilines is 1. The van der Waals surface area contributed by atoms with Crippen LogP contribution in [-0.2, 0) is 4.79 Å². The minimum Gasteiger partial charge on any atom is -0.427 e. The number of carbonyl (C=O) groups excluding carboxylic acids is 1. The van der Waals surface area contributed by atoms with E-state index in [1.807, 2.05) is 0 Å². The smallest absolute Gasteiger partial charge is 0.311 e. The van der Waals surface area contributed by atoms with Crippen molar-refractivity contribution in [2.24, 2.45) is 23.7 Å². The largest absolute Gasteiger partial charge is 0.427 e. The third-order valence-electron chi connectivity index (χ3n) is 6.19. The normalized spacial score (nSPS) is 30.7. The lowest BCUT2D eigenvalue weighted by atomic mass is 9.69. The van der Waals surface area contributed by atoms with Gasteiger partial charge < -0.3 is 10.5 Å². The molecule has 0 amide bonds. The number of ether oxygens (including phenoxy) is 1. The lowest BCUT2D eigenvalue weighted by Gasteiger charge is -2.37. The molecule has 132 valence electrons. The molecule has 0 saturated heterocycles. The van der Waals surface area contributed by atoms with Crippen LogP contribution in [0.1, 0.15) is 64.7 Å². The molecular weight excluding hydrogens is 298 g/mol. The molecule has 3 rings (SSSR count). The van der Waals surface area contributed by atoms with Gasteiger partial charge in [-0.25, -0.2) is 0 Å². The van der Waals surface area contributed by atoms with Crippen LogP contribution in [0.25, 0.3) is 0 Å². The Bertz CT molecular complexity index is 523. The van der Waals surface area contributed by atoms with Crippen LogP contribution in [0.3, 0.4) is 0 Å². The van der Waals surface area contributed by atoms with E-state index in [9.17, 15) is 4.79 Å². The number of benzene rings is 1. The fourth-order valence-corrected chi connectivity index (χ4v) is 4.57. The van der Waals surface area contributed by atoms with E-state index < -0.39 is 0 Å². The summed E-state index contributed by atoms with van der Waals surface area (Å²) in [4.78, 5) is 12.1. The maximum Gasteiger partial charge on any atom is 0.311 e. The second-order valence-electron chi connectivity index (χ2n) is 8.05. The molecule has 2 saturated carbocycles. The summed E-state index contributed by atoms with van der Waals surface area (Å²) in [5.41, 5.74) is 6.33. The molecule has 0 aromatic heterocycles. The molecule has 0 spiro atoms. The molecule has 1 aromatic rings. The minimum absolute atomic E-state index is 0.102. The molecule has 0 radical (unpaired) electrons. The van der Waals surface area contributed by atoms with E-state index >= 15 is 0 Å². The summed E-state index contributed by atoms with van der Waals surface area (Å²) in [7, 11) is 0. The van der Waals surface area contributed by atoms with E-state index in [0.717, 1.165) is 17.8 Å². The summed E-state index contributed by atoms with van der Waals surface area (Å²) >= 11 is 0. The van der Waals surface area contributed by atoms with Gasteiger partial charge in [0.1, 0.15) is 5.75 Å². The second-order valence-corrected chi connectivity index (χ2v) is 8.05. The molecule has 0 bridgehead atoms. The Hall–Kier alpha value is -1.51. The first kappa shape index (κ1) is 17.3. The van der Waals surface area contributed by atoms with Crippen molar-refractivity contribution >= 4 is 11.7 Å². The lowest BCUT2D eigenvalue weighted by Crippen LogP contribution is -2.26. The van der Waals surface area contributed by atoms with Crippen molar-refractivity contribution in [3.63, 3.8) is 0 Å². The van der Waals surface area contributed by atoms with Crippen molar-refractivity contribution in [2.45, 2.75) is 64.7 Å². The average Bonchev–Trinajstić information content (AvgIpc) is 2.58. The molecule has 1 aromatic carbocycles. The standard InChI is InChI=1S/C21H31NO2/c1-15-2-6-17(7-3-15)18-8-4-16(5-9-18)14-21(23)24-20-12-10-19(22)11-13-20/h10-13,15-18H,2-9,14,22H2,1H3. The number of carbonyl (C=O) groups is 1. The van der Waals surface area contributed by atoms with Gasteiger partial charge in [0.2, 0.25) is 0 Å². The third kappa shape index (κ3) is 4.75. The van der Waals surface area contributed by atoms with Crippen molar-refractivity contribution in [1.29, 1.82) is 0 Å². The highest BCUT2D eigenvalue weighted by Gasteiger charge is 2.30. The Balaban J connectivity index is 1.40. The van der Waals surface area contributed by atoms with Gasteiger partial charge in [0.25, 0.3) is 0 Å². The number of nitrogens with two attached hydrogens (primary N) is 1. The molecule has 2 aliphatic carbocycles. The van der Waals surface area contributed by atoms with Crippen molar-refractivity contribution < 1.29 is 9.53 Å². The summed E-state index contributed by atoms with van der Waals surface area (Å²) in [6.07, 6.45) is 11.2. The summed E-state index contributed by atoms with van der Waals surface area (Å²) in [6.45, 7) is 2.39. The third-order valence-corrected chi connectivity index (χ3v) is 6.19. The van der Waals surface area contributed by atoms with Gasteiger partial charge in [-0.2, -0.15) is 0 Å². The molecule has 3 heteroatoms. The first-order valence-electron chi connectivity index (χ1n) is 9.66. The summed E-state index contributed by atoms with van der Waals surface area (Å²) in [5, 5.41) is 0. The van der Waals surface area contributed by atoms with E-state index in [1.165, 1.54) is 51.4 Å². The van der Waals surface area contributed by atoms with Gasteiger partial charge in [-0.1, -0.05) is 19.8 Å². The highest BCUT2D eigenvalue weighted by Crippen LogP contribution is 2.41. The van der Waals surface area contributed by atoms with Gasteiger partial charge in [-0.05, 0) is 86.5 Å². The highest BCUT2D eigenvalue weighted by atomic mass is 16.5. The molecule has 0 unspecified atom stereocenters. The predicted octanol–water partition coefficient (Wildman–Crippen LogP) is 5.20. The molecular formula is C21H31NO2. The predicted molar refractivity (Wildman–Crippen MR) is 97.7 cm³/mol. The van der Waals surface area contributed by atoms with Crippen LogP contribution in [0.2, 0.25) is 0 Å².